The van der Waals surface area contributed by atoms with E-state index in [9.17, 15) is 9.59 Å². The van der Waals surface area contributed by atoms with E-state index in [1.165, 1.54) is 0 Å². The first-order chi connectivity index (χ1) is 15.1. The fourth-order valence-electron chi connectivity index (χ4n) is 4.67. The van der Waals surface area contributed by atoms with Crippen molar-refractivity contribution in [1.29, 1.82) is 0 Å². The topological polar surface area (TPSA) is 81.1 Å². The second kappa shape index (κ2) is 15.9. The van der Waals surface area contributed by atoms with Crippen LogP contribution in [0.1, 0.15) is 77.0 Å². The third-order valence-electron chi connectivity index (χ3n) is 6.71. The van der Waals surface area contributed by atoms with Crippen molar-refractivity contribution < 1.29 is 19.8 Å². The molecule has 2 atom stereocenters. The highest BCUT2D eigenvalue weighted by atomic mass is 32.2. The van der Waals surface area contributed by atoms with E-state index < -0.39 is 0 Å². The number of aliphatic hydroxyl groups is 2. The molecule has 0 aromatic heterocycles. The lowest BCUT2D eigenvalue weighted by Crippen LogP contribution is -2.28. The van der Waals surface area contributed by atoms with Crippen LogP contribution < -0.4 is 0 Å². The second-order valence-electron chi connectivity index (χ2n) is 9.25. The number of unbranched alkanes of at least 4 members (excludes halogenated alkanes) is 2. The summed E-state index contributed by atoms with van der Waals surface area (Å²) in [5, 5.41) is 18.3. The van der Waals surface area contributed by atoms with Gasteiger partial charge in [0, 0.05) is 52.2 Å². The van der Waals surface area contributed by atoms with Crippen LogP contribution in [-0.2, 0) is 9.59 Å². The highest BCUT2D eigenvalue weighted by molar-refractivity contribution is 7.99. The molecule has 2 heterocycles. The van der Waals surface area contributed by atoms with Gasteiger partial charge in [-0.25, -0.2) is 0 Å². The number of aliphatic hydroxyl groups excluding tert-OH is 2. The minimum atomic E-state index is 0.257. The Morgan fingerprint density at radius 3 is 1.52 bits per heavy atom. The van der Waals surface area contributed by atoms with Gasteiger partial charge < -0.3 is 20.0 Å². The summed E-state index contributed by atoms with van der Waals surface area (Å²) in [5.41, 5.74) is 0. The van der Waals surface area contributed by atoms with Gasteiger partial charge in [-0.05, 0) is 74.7 Å². The van der Waals surface area contributed by atoms with E-state index in [0.717, 1.165) is 102 Å². The molecule has 7 heteroatoms. The third-order valence-corrected chi connectivity index (χ3v) is 8.12. The van der Waals surface area contributed by atoms with Gasteiger partial charge in [-0.3, -0.25) is 9.59 Å². The molecule has 2 aliphatic rings. The van der Waals surface area contributed by atoms with Gasteiger partial charge in [0.1, 0.15) is 0 Å². The highest BCUT2D eigenvalue weighted by Gasteiger charge is 2.23. The number of hydrogen-bond donors (Lipinski definition) is 2. The summed E-state index contributed by atoms with van der Waals surface area (Å²) in [7, 11) is 0. The minimum absolute atomic E-state index is 0.257. The van der Waals surface area contributed by atoms with E-state index in [4.69, 9.17) is 10.2 Å². The van der Waals surface area contributed by atoms with Gasteiger partial charge in [0.2, 0.25) is 11.8 Å². The molecule has 6 nitrogen and oxygen atoms in total. The average Bonchev–Trinajstić information content (AvgIpc) is 3.37. The van der Waals surface area contributed by atoms with E-state index in [2.05, 4.69) is 0 Å². The zero-order valence-corrected chi connectivity index (χ0v) is 20.1. The molecule has 0 radical (unpaired) electrons. The monoisotopic (exact) mass is 456 g/mol. The van der Waals surface area contributed by atoms with Crippen molar-refractivity contribution in [3.05, 3.63) is 0 Å². The molecule has 2 unspecified atom stereocenters. The Bertz CT molecular complexity index is 476. The van der Waals surface area contributed by atoms with E-state index in [1.54, 1.807) is 0 Å². The minimum Gasteiger partial charge on any atom is -0.396 e. The summed E-state index contributed by atoms with van der Waals surface area (Å²) >= 11 is 2.02. The fraction of sp³-hybridized carbons (Fsp3) is 0.917. The van der Waals surface area contributed by atoms with Crippen LogP contribution >= 0.6 is 11.8 Å². The Balaban J connectivity index is 1.75. The van der Waals surface area contributed by atoms with Gasteiger partial charge in [0.15, 0.2) is 0 Å². The molecule has 2 N–H and O–H groups in total. The van der Waals surface area contributed by atoms with Gasteiger partial charge >= 0.3 is 0 Å². The Labute approximate surface area is 193 Å². The van der Waals surface area contributed by atoms with E-state index in [1.807, 2.05) is 21.6 Å². The van der Waals surface area contributed by atoms with Crippen LogP contribution in [0.15, 0.2) is 0 Å². The SMILES string of the molecule is O=C1CCCN1CCC(CCCCO)CSCC(CCCCO)CCN1CCCC1=O. The lowest BCUT2D eigenvalue weighted by atomic mass is 10.00. The van der Waals surface area contributed by atoms with Crippen LogP contribution in [0.3, 0.4) is 0 Å². The molecule has 2 amide bonds. The molecule has 0 aromatic rings. The average molecular weight is 457 g/mol. The standard InChI is InChI=1S/C24H44N2O4S/c27-17-3-1-7-21(11-15-25-13-5-9-23(25)29)19-31-20-22(8-2-4-18-28)12-16-26-14-6-10-24(26)30/h21-22,27-28H,1-20H2. The molecular weight excluding hydrogens is 412 g/mol. The Kier molecular flexibility index (Phi) is 13.6. The molecule has 0 spiro atoms. The number of carbonyl (C=O) groups is 2. The molecule has 31 heavy (non-hydrogen) atoms. The molecule has 180 valence electrons. The summed E-state index contributed by atoms with van der Waals surface area (Å²) in [5.74, 6) is 4.00. The van der Waals surface area contributed by atoms with E-state index in [-0.39, 0.29) is 13.2 Å². The number of carbonyl (C=O) groups excluding carboxylic acids is 2. The molecule has 0 aromatic carbocycles. The van der Waals surface area contributed by atoms with Gasteiger partial charge in [0.25, 0.3) is 0 Å². The lowest BCUT2D eigenvalue weighted by Gasteiger charge is -2.24. The molecule has 0 bridgehead atoms. The predicted octanol–water partition coefficient (Wildman–Crippen LogP) is 3.30. The van der Waals surface area contributed by atoms with Crippen molar-refractivity contribution in [2.75, 3.05) is 50.9 Å². The second-order valence-corrected chi connectivity index (χ2v) is 10.3. The lowest BCUT2D eigenvalue weighted by molar-refractivity contribution is -0.128. The maximum absolute atomic E-state index is 11.9. The van der Waals surface area contributed by atoms with Gasteiger partial charge in [-0.2, -0.15) is 11.8 Å². The maximum atomic E-state index is 11.9. The smallest absolute Gasteiger partial charge is 0.222 e. The van der Waals surface area contributed by atoms with Gasteiger partial charge in [-0.1, -0.05) is 12.8 Å². The van der Waals surface area contributed by atoms with Crippen molar-refractivity contribution in [1.82, 2.24) is 9.80 Å². The first-order valence-corrected chi connectivity index (χ1v) is 13.6. The highest BCUT2D eigenvalue weighted by Crippen LogP contribution is 2.26. The summed E-state index contributed by atoms with van der Waals surface area (Å²) in [4.78, 5) is 27.9. The van der Waals surface area contributed by atoms with Crippen LogP contribution in [0.25, 0.3) is 0 Å². The fourth-order valence-corrected chi connectivity index (χ4v) is 6.14. The maximum Gasteiger partial charge on any atom is 0.222 e. The van der Waals surface area contributed by atoms with Crippen LogP contribution in [-0.4, -0.2) is 82.7 Å². The number of thioether (sulfide) groups is 1. The molecule has 0 saturated carbocycles. The largest absolute Gasteiger partial charge is 0.396 e. The summed E-state index contributed by atoms with van der Waals surface area (Å²) < 4.78 is 0. The van der Waals surface area contributed by atoms with Crippen molar-refractivity contribution in [3.63, 3.8) is 0 Å². The molecule has 2 aliphatic heterocycles. The third kappa shape index (κ3) is 10.6. The Hall–Kier alpha value is -0.790. The summed E-state index contributed by atoms with van der Waals surface area (Å²) in [6.07, 6.45) is 11.6. The normalized spacial score (nSPS) is 18.9. The molecule has 0 aliphatic carbocycles. The summed E-state index contributed by atoms with van der Waals surface area (Å²) in [6.45, 7) is 4.09. The van der Waals surface area contributed by atoms with E-state index >= 15 is 0 Å². The van der Waals surface area contributed by atoms with Crippen molar-refractivity contribution in [2.24, 2.45) is 11.8 Å². The number of likely N-dealkylation sites (tertiary alicyclic amines) is 2. The number of hydrogen-bond acceptors (Lipinski definition) is 5. The summed E-state index contributed by atoms with van der Waals surface area (Å²) in [6, 6.07) is 0. The quantitative estimate of drug-likeness (QED) is 0.309. The Morgan fingerprint density at radius 1 is 0.710 bits per heavy atom. The van der Waals surface area contributed by atoms with Crippen LogP contribution in [0, 0.1) is 11.8 Å². The van der Waals surface area contributed by atoms with Crippen molar-refractivity contribution in [2.45, 2.75) is 77.0 Å². The zero-order valence-electron chi connectivity index (χ0n) is 19.3. The van der Waals surface area contributed by atoms with Crippen LogP contribution in [0.5, 0.6) is 0 Å². The number of nitrogens with zero attached hydrogens (tertiary/aromatic N) is 2. The Morgan fingerprint density at radius 2 is 1.16 bits per heavy atom. The molecule has 2 saturated heterocycles. The number of amides is 2. The van der Waals surface area contributed by atoms with Crippen LogP contribution in [0.2, 0.25) is 0 Å². The number of rotatable bonds is 18. The first-order valence-electron chi connectivity index (χ1n) is 12.5. The zero-order chi connectivity index (χ0) is 22.3. The molecule has 2 rings (SSSR count). The van der Waals surface area contributed by atoms with Crippen molar-refractivity contribution >= 4 is 23.6 Å². The van der Waals surface area contributed by atoms with Crippen molar-refractivity contribution in [3.8, 4) is 0 Å². The molecule has 2 fully saturated rings. The van der Waals surface area contributed by atoms with Gasteiger partial charge in [0.05, 0.1) is 0 Å². The van der Waals surface area contributed by atoms with Crippen LogP contribution in [0.4, 0.5) is 0 Å². The first kappa shape index (κ1) is 26.5. The van der Waals surface area contributed by atoms with Gasteiger partial charge in [-0.15, -0.1) is 0 Å². The molecular formula is C24H44N2O4S. The predicted molar refractivity (Wildman–Crippen MR) is 127 cm³/mol. The van der Waals surface area contributed by atoms with E-state index in [0.29, 0.717) is 36.5 Å².